The van der Waals surface area contributed by atoms with Gasteiger partial charge >= 0.3 is 0 Å². The van der Waals surface area contributed by atoms with Gasteiger partial charge in [0.1, 0.15) is 0 Å². The van der Waals surface area contributed by atoms with Crippen molar-refractivity contribution in [3.05, 3.63) is 28.5 Å². The van der Waals surface area contributed by atoms with Crippen LogP contribution in [0.15, 0.2) is 22.9 Å². The Morgan fingerprint density at radius 1 is 1.29 bits per heavy atom. The Labute approximate surface area is 135 Å². The number of nitrogens with zero attached hydrogens (tertiary/aromatic N) is 2. The van der Waals surface area contributed by atoms with Crippen molar-refractivity contribution in [3.8, 4) is 0 Å². The van der Waals surface area contributed by atoms with E-state index < -0.39 is 0 Å². The molecule has 21 heavy (non-hydrogen) atoms. The monoisotopic (exact) mass is 353 g/mol. The maximum Gasteiger partial charge on any atom is 0.0594 e. The minimum absolute atomic E-state index is 0.159. The summed E-state index contributed by atoms with van der Waals surface area (Å²) in [7, 11) is 0. The predicted octanol–water partition coefficient (Wildman–Crippen LogP) is 2.36. The van der Waals surface area contributed by atoms with E-state index in [4.69, 9.17) is 10.5 Å². The van der Waals surface area contributed by atoms with Gasteiger partial charge in [0.25, 0.3) is 0 Å². The van der Waals surface area contributed by atoms with Gasteiger partial charge in [-0.1, -0.05) is 12.8 Å². The van der Waals surface area contributed by atoms with Gasteiger partial charge in [-0.25, -0.2) is 0 Å². The van der Waals surface area contributed by atoms with Crippen LogP contribution in [0.3, 0.4) is 0 Å². The minimum atomic E-state index is 0.159. The molecule has 2 N–H and O–H groups in total. The number of ether oxygens (including phenoxy) is 1. The highest BCUT2D eigenvalue weighted by atomic mass is 79.9. The summed E-state index contributed by atoms with van der Waals surface area (Å²) in [4.78, 5) is 6.86. The number of aromatic nitrogens is 1. The summed E-state index contributed by atoms with van der Waals surface area (Å²) in [5.74, 6) is 0. The van der Waals surface area contributed by atoms with Crippen molar-refractivity contribution in [2.75, 3.05) is 26.3 Å². The first-order chi connectivity index (χ1) is 10.2. The van der Waals surface area contributed by atoms with E-state index >= 15 is 0 Å². The zero-order chi connectivity index (χ0) is 14.7. The lowest BCUT2D eigenvalue weighted by molar-refractivity contribution is -0.0305. The molecule has 1 aliphatic heterocycles. The molecule has 1 aliphatic carbocycles. The summed E-state index contributed by atoms with van der Waals surface area (Å²) >= 11 is 3.50. The zero-order valence-corrected chi connectivity index (χ0v) is 14.0. The van der Waals surface area contributed by atoms with Crippen LogP contribution >= 0.6 is 15.9 Å². The Morgan fingerprint density at radius 3 is 2.67 bits per heavy atom. The molecule has 1 saturated heterocycles. The molecule has 0 spiro atoms. The molecular weight excluding hydrogens is 330 g/mol. The Hall–Kier alpha value is -0.490. The minimum Gasteiger partial charge on any atom is -0.379 e. The van der Waals surface area contributed by atoms with Crippen molar-refractivity contribution in [3.63, 3.8) is 0 Å². The van der Waals surface area contributed by atoms with Gasteiger partial charge in [0.2, 0.25) is 0 Å². The summed E-state index contributed by atoms with van der Waals surface area (Å²) in [5, 5.41) is 0. The Balaban J connectivity index is 1.76. The number of pyridine rings is 1. The topological polar surface area (TPSA) is 51.4 Å². The fourth-order valence-electron chi connectivity index (χ4n) is 3.93. The molecule has 2 aliphatic rings. The molecule has 4 nitrogen and oxygen atoms in total. The van der Waals surface area contributed by atoms with E-state index in [1.54, 1.807) is 0 Å². The summed E-state index contributed by atoms with van der Waals surface area (Å²) in [5.41, 5.74) is 8.08. The number of hydrogen-bond acceptors (Lipinski definition) is 4. The third-order valence-electron chi connectivity index (χ3n) is 5.02. The Bertz CT molecular complexity index is 470. The smallest absolute Gasteiger partial charge is 0.0594 e. The van der Waals surface area contributed by atoms with Crippen molar-refractivity contribution in [1.82, 2.24) is 9.88 Å². The molecular formula is C16H24BrN3O. The van der Waals surface area contributed by atoms with Crippen LogP contribution in [0, 0.1) is 0 Å². The van der Waals surface area contributed by atoms with Gasteiger partial charge in [0.05, 0.1) is 13.2 Å². The molecule has 0 aromatic carbocycles. The molecule has 1 unspecified atom stereocenters. The van der Waals surface area contributed by atoms with Gasteiger partial charge in [0.15, 0.2) is 0 Å². The predicted molar refractivity (Wildman–Crippen MR) is 87.2 cm³/mol. The highest BCUT2D eigenvalue weighted by Gasteiger charge is 2.44. The van der Waals surface area contributed by atoms with Gasteiger partial charge in [-0.15, -0.1) is 0 Å². The van der Waals surface area contributed by atoms with Crippen LogP contribution in [0.4, 0.5) is 0 Å². The van der Waals surface area contributed by atoms with Gasteiger partial charge in [0, 0.05) is 41.5 Å². The van der Waals surface area contributed by atoms with Gasteiger partial charge in [-0.2, -0.15) is 0 Å². The molecule has 2 heterocycles. The van der Waals surface area contributed by atoms with E-state index in [9.17, 15) is 0 Å². The molecule has 1 aromatic heterocycles. The first kappa shape index (κ1) is 15.4. The van der Waals surface area contributed by atoms with Crippen LogP contribution in [-0.2, 0) is 11.2 Å². The average molecular weight is 354 g/mol. The normalized spacial score (nSPS) is 24.1. The lowest BCUT2D eigenvalue weighted by Gasteiger charge is -2.47. The third-order valence-corrected chi connectivity index (χ3v) is 5.45. The van der Waals surface area contributed by atoms with Gasteiger partial charge < -0.3 is 10.5 Å². The van der Waals surface area contributed by atoms with Crippen LogP contribution in [0.5, 0.6) is 0 Å². The number of morpholine rings is 1. The summed E-state index contributed by atoms with van der Waals surface area (Å²) in [6.07, 6.45) is 9.67. The molecule has 5 heteroatoms. The quantitative estimate of drug-likeness (QED) is 0.902. The SMILES string of the molecule is NC(Cc1cncc(Br)c1)C1(N2CCOCC2)CCCC1. The first-order valence-electron chi connectivity index (χ1n) is 7.88. The molecule has 1 saturated carbocycles. The maximum atomic E-state index is 6.70. The highest BCUT2D eigenvalue weighted by Crippen LogP contribution is 2.39. The largest absolute Gasteiger partial charge is 0.379 e. The van der Waals surface area contributed by atoms with Crippen molar-refractivity contribution in [1.29, 1.82) is 0 Å². The molecule has 0 amide bonds. The van der Waals surface area contributed by atoms with Crippen LogP contribution < -0.4 is 5.73 Å². The van der Waals surface area contributed by atoms with Crippen molar-refractivity contribution in [2.24, 2.45) is 5.73 Å². The Morgan fingerprint density at radius 2 is 2.00 bits per heavy atom. The molecule has 2 fully saturated rings. The fourth-order valence-corrected chi connectivity index (χ4v) is 4.34. The maximum absolute atomic E-state index is 6.70. The second-order valence-electron chi connectivity index (χ2n) is 6.23. The summed E-state index contributed by atoms with van der Waals surface area (Å²) in [6.45, 7) is 3.72. The fraction of sp³-hybridized carbons (Fsp3) is 0.688. The molecule has 1 aromatic rings. The summed E-state index contributed by atoms with van der Waals surface area (Å²) in [6, 6.07) is 2.30. The lowest BCUT2D eigenvalue weighted by Crippen LogP contribution is -2.61. The number of halogens is 1. The van der Waals surface area contributed by atoms with Gasteiger partial charge in [-0.05, 0) is 46.8 Å². The zero-order valence-electron chi connectivity index (χ0n) is 12.4. The molecule has 3 rings (SSSR count). The number of rotatable bonds is 4. The number of nitrogens with two attached hydrogens (primary N) is 1. The van der Waals surface area contributed by atoms with Crippen LogP contribution in [0.25, 0.3) is 0 Å². The van der Waals surface area contributed by atoms with Crippen molar-refractivity contribution in [2.45, 2.75) is 43.7 Å². The third kappa shape index (κ3) is 3.31. The van der Waals surface area contributed by atoms with Crippen molar-refractivity contribution >= 4 is 15.9 Å². The molecule has 116 valence electrons. The lowest BCUT2D eigenvalue weighted by atomic mass is 9.83. The van der Waals surface area contributed by atoms with E-state index in [0.29, 0.717) is 0 Å². The molecule has 0 radical (unpaired) electrons. The van der Waals surface area contributed by atoms with E-state index in [0.717, 1.165) is 37.2 Å². The second kappa shape index (κ2) is 6.73. The van der Waals surface area contributed by atoms with Crippen LogP contribution in [0.2, 0.25) is 0 Å². The van der Waals surface area contributed by atoms with Crippen LogP contribution in [0.1, 0.15) is 31.2 Å². The van der Waals surface area contributed by atoms with E-state index in [1.165, 1.54) is 31.2 Å². The van der Waals surface area contributed by atoms with E-state index in [-0.39, 0.29) is 11.6 Å². The van der Waals surface area contributed by atoms with E-state index in [2.05, 4.69) is 31.9 Å². The molecule has 1 atom stereocenters. The molecule has 0 bridgehead atoms. The standard InChI is InChI=1S/C16H24BrN3O/c17-14-9-13(11-19-12-14)10-15(18)16(3-1-2-4-16)20-5-7-21-8-6-20/h9,11-12,15H,1-8,10,18H2. The Kier molecular flexibility index (Phi) is 4.94. The van der Waals surface area contributed by atoms with Crippen LogP contribution in [-0.4, -0.2) is 47.8 Å². The second-order valence-corrected chi connectivity index (χ2v) is 7.15. The first-order valence-corrected chi connectivity index (χ1v) is 8.68. The van der Waals surface area contributed by atoms with Crippen molar-refractivity contribution < 1.29 is 4.74 Å². The average Bonchev–Trinajstić information content (AvgIpc) is 2.99. The van der Waals surface area contributed by atoms with E-state index in [1.807, 2.05) is 12.4 Å². The highest BCUT2D eigenvalue weighted by molar-refractivity contribution is 9.10. The number of hydrogen-bond donors (Lipinski definition) is 1. The summed E-state index contributed by atoms with van der Waals surface area (Å²) < 4.78 is 6.55. The van der Waals surface area contributed by atoms with Gasteiger partial charge in [-0.3, -0.25) is 9.88 Å².